The molecule has 0 aromatic carbocycles. The Morgan fingerprint density at radius 1 is 0.641 bits per heavy atom. The van der Waals surface area contributed by atoms with Gasteiger partial charge in [0.15, 0.2) is 0 Å². The molecule has 2 saturated heterocycles. The molecule has 2 aliphatic rings. The fourth-order valence-electron chi connectivity index (χ4n) is 7.77. The summed E-state index contributed by atoms with van der Waals surface area (Å²) in [6.07, 6.45) is 9.15. The maximum atomic E-state index is 4.88. The van der Waals surface area contributed by atoms with Crippen LogP contribution in [0.5, 0.6) is 0 Å². The normalized spacial score (nSPS) is 22.4. The Labute approximate surface area is 239 Å². The summed E-state index contributed by atoms with van der Waals surface area (Å²) in [6, 6.07) is 0. The number of nitrogens with zero attached hydrogens (tertiary/aromatic N) is 4. The third-order valence-electron chi connectivity index (χ3n) is 8.11. The number of piperidine rings is 2. The van der Waals surface area contributed by atoms with Crippen LogP contribution in [0.15, 0.2) is 0 Å². The van der Waals surface area contributed by atoms with Crippen molar-refractivity contribution in [1.82, 2.24) is 25.6 Å². The van der Waals surface area contributed by atoms with Crippen LogP contribution in [-0.4, -0.2) is 63.3 Å². The van der Waals surface area contributed by atoms with Crippen molar-refractivity contribution in [3.63, 3.8) is 0 Å². The SMILES string of the molecule is CCCN(CCC)c1nc(NCCC2CC(C)(C)NC(C)(C)C2)nc(NCCC2CC(C)(C)NC(C)(C)C2)n1. The van der Waals surface area contributed by atoms with Crippen molar-refractivity contribution in [2.24, 2.45) is 11.8 Å². The van der Waals surface area contributed by atoms with Crippen LogP contribution in [0.1, 0.15) is 121 Å². The zero-order chi connectivity index (χ0) is 28.9. The van der Waals surface area contributed by atoms with Crippen LogP contribution in [0.25, 0.3) is 0 Å². The molecule has 0 spiro atoms. The quantitative estimate of drug-likeness (QED) is 0.233. The van der Waals surface area contributed by atoms with E-state index in [4.69, 9.17) is 15.0 Å². The van der Waals surface area contributed by atoms with Gasteiger partial charge in [-0.2, -0.15) is 15.0 Å². The van der Waals surface area contributed by atoms with Crippen LogP contribution in [0.3, 0.4) is 0 Å². The van der Waals surface area contributed by atoms with Gasteiger partial charge in [0.2, 0.25) is 17.8 Å². The van der Waals surface area contributed by atoms with Crippen molar-refractivity contribution in [2.45, 2.75) is 143 Å². The summed E-state index contributed by atoms with van der Waals surface area (Å²) in [5, 5.41) is 14.7. The average molecular weight is 545 g/mol. The largest absolute Gasteiger partial charge is 0.354 e. The van der Waals surface area contributed by atoms with Crippen molar-refractivity contribution >= 4 is 17.8 Å². The molecule has 39 heavy (non-hydrogen) atoms. The molecular formula is C31H60N8. The van der Waals surface area contributed by atoms with Gasteiger partial charge < -0.3 is 26.2 Å². The van der Waals surface area contributed by atoms with Crippen molar-refractivity contribution in [3.05, 3.63) is 0 Å². The number of anilines is 3. The maximum Gasteiger partial charge on any atom is 0.231 e. The summed E-state index contributed by atoms with van der Waals surface area (Å²) < 4.78 is 0. The van der Waals surface area contributed by atoms with Crippen LogP contribution >= 0.6 is 0 Å². The third kappa shape index (κ3) is 10.3. The van der Waals surface area contributed by atoms with Gasteiger partial charge in [-0.1, -0.05) is 13.8 Å². The summed E-state index contributed by atoms with van der Waals surface area (Å²) in [4.78, 5) is 16.9. The molecule has 0 saturated carbocycles. The van der Waals surface area contributed by atoms with Crippen LogP contribution in [0, 0.1) is 11.8 Å². The van der Waals surface area contributed by atoms with Gasteiger partial charge >= 0.3 is 0 Å². The molecule has 0 radical (unpaired) electrons. The highest BCUT2D eigenvalue weighted by Gasteiger charge is 2.38. The van der Waals surface area contributed by atoms with E-state index < -0.39 is 0 Å². The number of hydrogen-bond donors (Lipinski definition) is 4. The highest BCUT2D eigenvalue weighted by Crippen LogP contribution is 2.35. The molecule has 0 bridgehead atoms. The molecule has 8 nitrogen and oxygen atoms in total. The van der Waals surface area contributed by atoms with E-state index in [0.717, 1.165) is 57.8 Å². The van der Waals surface area contributed by atoms with Crippen LogP contribution in [-0.2, 0) is 0 Å². The van der Waals surface area contributed by atoms with E-state index in [1.807, 2.05) is 0 Å². The van der Waals surface area contributed by atoms with E-state index in [0.29, 0.717) is 23.7 Å². The van der Waals surface area contributed by atoms with Gasteiger partial charge in [-0.25, -0.2) is 0 Å². The Kier molecular flexibility index (Phi) is 10.5. The van der Waals surface area contributed by atoms with Gasteiger partial charge in [-0.3, -0.25) is 0 Å². The Morgan fingerprint density at radius 3 is 1.33 bits per heavy atom. The second-order valence-corrected chi connectivity index (χ2v) is 15.0. The molecule has 2 fully saturated rings. The molecule has 3 heterocycles. The second-order valence-electron chi connectivity index (χ2n) is 15.0. The minimum atomic E-state index is 0.170. The highest BCUT2D eigenvalue weighted by molar-refractivity contribution is 5.43. The first-order chi connectivity index (χ1) is 18.1. The zero-order valence-corrected chi connectivity index (χ0v) is 26.9. The second kappa shape index (κ2) is 12.9. The monoisotopic (exact) mass is 544 g/mol. The minimum Gasteiger partial charge on any atom is -0.354 e. The molecule has 0 atom stereocenters. The van der Waals surface area contributed by atoms with Gasteiger partial charge in [0.1, 0.15) is 0 Å². The van der Waals surface area contributed by atoms with Gasteiger partial charge in [-0.05, 0) is 119 Å². The topological polar surface area (TPSA) is 90.0 Å². The van der Waals surface area contributed by atoms with Crippen molar-refractivity contribution in [2.75, 3.05) is 41.7 Å². The zero-order valence-electron chi connectivity index (χ0n) is 26.9. The molecule has 1 aromatic heterocycles. The van der Waals surface area contributed by atoms with E-state index >= 15 is 0 Å². The molecule has 8 heteroatoms. The van der Waals surface area contributed by atoms with E-state index in [1.165, 1.54) is 25.7 Å². The lowest BCUT2D eigenvalue weighted by Gasteiger charge is -2.46. The predicted molar refractivity (Wildman–Crippen MR) is 167 cm³/mol. The number of hydrogen-bond acceptors (Lipinski definition) is 8. The summed E-state index contributed by atoms with van der Waals surface area (Å²) in [6.45, 7) is 26.7. The van der Waals surface area contributed by atoms with E-state index in [-0.39, 0.29) is 22.2 Å². The molecule has 224 valence electrons. The van der Waals surface area contributed by atoms with E-state index in [2.05, 4.69) is 95.4 Å². The van der Waals surface area contributed by atoms with Gasteiger partial charge in [-0.15, -0.1) is 0 Å². The van der Waals surface area contributed by atoms with Crippen LogP contribution in [0.4, 0.5) is 17.8 Å². The standard InChI is InChI=1S/C31H60N8/c1-11-17-39(18-12-2)27-35-25(32-15-13-23-19-28(3,4)37-29(5,6)20-23)34-26(36-27)33-16-14-24-21-30(7,8)38-31(9,10)22-24/h23-24,37-38H,11-22H2,1-10H3,(H2,32,33,34,35,36). The van der Waals surface area contributed by atoms with E-state index in [1.54, 1.807) is 0 Å². The fraction of sp³-hybridized carbons (Fsp3) is 0.903. The number of nitrogens with one attached hydrogen (secondary N) is 4. The lowest BCUT2D eigenvalue weighted by molar-refractivity contribution is 0.125. The molecule has 0 amide bonds. The third-order valence-corrected chi connectivity index (χ3v) is 8.11. The molecule has 1 aromatic rings. The molecule has 2 aliphatic heterocycles. The maximum absolute atomic E-state index is 4.88. The van der Waals surface area contributed by atoms with E-state index in [9.17, 15) is 0 Å². The van der Waals surface area contributed by atoms with Gasteiger partial charge in [0.05, 0.1) is 0 Å². The van der Waals surface area contributed by atoms with Crippen molar-refractivity contribution in [3.8, 4) is 0 Å². The highest BCUT2D eigenvalue weighted by atomic mass is 15.3. The predicted octanol–water partition coefficient (Wildman–Crippen LogP) is 6.22. The Balaban J connectivity index is 1.67. The minimum absolute atomic E-state index is 0.170. The number of rotatable bonds is 13. The molecular weight excluding hydrogens is 484 g/mol. The summed E-state index contributed by atoms with van der Waals surface area (Å²) in [7, 11) is 0. The fourth-order valence-corrected chi connectivity index (χ4v) is 7.77. The van der Waals surface area contributed by atoms with Crippen molar-refractivity contribution in [1.29, 1.82) is 0 Å². The van der Waals surface area contributed by atoms with Crippen molar-refractivity contribution < 1.29 is 0 Å². The Hall–Kier alpha value is -1.67. The molecule has 0 unspecified atom stereocenters. The first-order valence-corrected chi connectivity index (χ1v) is 15.7. The van der Waals surface area contributed by atoms with Crippen LogP contribution < -0.4 is 26.2 Å². The molecule has 3 rings (SSSR count). The Bertz CT molecular complexity index is 810. The van der Waals surface area contributed by atoms with Crippen LogP contribution in [0.2, 0.25) is 0 Å². The van der Waals surface area contributed by atoms with Gasteiger partial charge in [0, 0.05) is 48.3 Å². The molecule has 4 N–H and O–H groups in total. The first-order valence-electron chi connectivity index (χ1n) is 15.7. The lowest BCUT2D eigenvalue weighted by Crippen LogP contribution is -2.57. The molecule has 0 aliphatic carbocycles. The Morgan fingerprint density at radius 2 is 1.00 bits per heavy atom. The van der Waals surface area contributed by atoms with Gasteiger partial charge in [0.25, 0.3) is 0 Å². The smallest absolute Gasteiger partial charge is 0.231 e. The number of aromatic nitrogens is 3. The summed E-state index contributed by atoms with van der Waals surface area (Å²) in [5.41, 5.74) is 0.680. The average Bonchev–Trinajstić information content (AvgIpc) is 2.74. The lowest BCUT2D eigenvalue weighted by atomic mass is 9.75. The summed E-state index contributed by atoms with van der Waals surface area (Å²) >= 11 is 0. The first kappa shape index (κ1) is 31.9. The summed E-state index contributed by atoms with van der Waals surface area (Å²) in [5.74, 6) is 3.52.